The monoisotopic (exact) mass is 357 g/mol. The number of rotatable bonds is 5. The molecule has 26 heavy (non-hydrogen) atoms. The first-order valence-electron chi connectivity index (χ1n) is 8.40. The van der Waals surface area contributed by atoms with E-state index in [1.54, 1.807) is 0 Å². The van der Waals surface area contributed by atoms with Gasteiger partial charge in [-0.05, 0) is 42.2 Å². The van der Waals surface area contributed by atoms with Gasteiger partial charge in [0.05, 0.1) is 19.1 Å². The van der Waals surface area contributed by atoms with Crippen LogP contribution < -0.4 is 5.32 Å². The highest BCUT2D eigenvalue weighted by Gasteiger charge is 2.37. The summed E-state index contributed by atoms with van der Waals surface area (Å²) >= 11 is 0. The van der Waals surface area contributed by atoms with Crippen LogP contribution in [0, 0.1) is 5.82 Å². The molecule has 136 valence electrons. The van der Waals surface area contributed by atoms with Crippen LogP contribution in [0.3, 0.4) is 0 Å². The van der Waals surface area contributed by atoms with Crippen molar-refractivity contribution in [2.45, 2.75) is 31.4 Å². The van der Waals surface area contributed by atoms with Crippen molar-refractivity contribution in [3.63, 3.8) is 0 Å². The van der Waals surface area contributed by atoms with Gasteiger partial charge in [0.25, 0.3) is 0 Å². The molecule has 3 rings (SSSR count). The van der Waals surface area contributed by atoms with Crippen LogP contribution in [-0.2, 0) is 26.3 Å². The summed E-state index contributed by atoms with van der Waals surface area (Å²) in [5, 5.41) is 12.2. The zero-order chi connectivity index (χ0) is 18.7. The molecule has 0 saturated carbocycles. The minimum absolute atomic E-state index is 0.0150. The Kier molecular flexibility index (Phi) is 5.04. The van der Waals surface area contributed by atoms with Crippen LogP contribution in [0.2, 0.25) is 0 Å². The molecule has 0 aromatic heterocycles. The van der Waals surface area contributed by atoms with Crippen LogP contribution in [0.1, 0.15) is 36.1 Å². The molecule has 2 aromatic rings. The van der Waals surface area contributed by atoms with E-state index in [0.717, 1.165) is 17.5 Å². The summed E-state index contributed by atoms with van der Waals surface area (Å²) in [6.45, 7) is 1.90. The molecule has 0 saturated heterocycles. The van der Waals surface area contributed by atoms with E-state index in [4.69, 9.17) is 4.74 Å². The molecule has 1 aliphatic rings. The number of amides is 1. The lowest BCUT2D eigenvalue weighted by atomic mass is 9.91. The molecule has 6 heteroatoms. The number of benzene rings is 2. The normalized spacial score (nSPS) is 18.5. The Morgan fingerprint density at radius 1 is 1.23 bits per heavy atom. The van der Waals surface area contributed by atoms with Crippen LogP contribution in [0.15, 0.2) is 48.5 Å². The first-order chi connectivity index (χ1) is 12.4. The summed E-state index contributed by atoms with van der Waals surface area (Å²) in [5.74, 6) is -2.14. The van der Waals surface area contributed by atoms with Crippen molar-refractivity contribution in [1.82, 2.24) is 5.32 Å². The molecular formula is C20H20FNO4. The Bertz CT molecular complexity index is 821. The van der Waals surface area contributed by atoms with Gasteiger partial charge in [-0.1, -0.05) is 36.4 Å². The van der Waals surface area contributed by atoms with Gasteiger partial charge in [-0.2, -0.15) is 0 Å². The van der Waals surface area contributed by atoms with Crippen molar-refractivity contribution in [2.24, 2.45) is 0 Å². The predicted octanol–water partition coefficient (Wildman–Crippen LogP) is 2.95. The Labute approximate surface area is 150 Å². The number of ether oxygens (including phenoxy) is 1. The second-order valence-corrected chi connectivity index (χ2v) is 6.50. The zero-order valence-corrected chi connectivity index (χ0v) is 14.4. The van der Waals surface area contributed by atoms with Crippen molar-refractivity contribution in [3.05, 3.63) is 71.0 Å². The van der Waals surface area contributed by atoms with Gasteiger partial charge in [-0.3, -0.25) is 4.79 Å². The number of carboxylic acids is 1. The molecule has 2 aromatic carbocycles. The van der Waals surface area contributed by atoms with Crippen molar-refractivity contribution < 1.29 is 23.8 Å². The third kappa shape index (κ3) is 3.60. The summed E-state index contributed by atoms with van der Waals surface area (Å²) in [6, 6.07) is 12.8. The third-order valence-electron chi connectivity index (χ3n) is 4.70. The summed E-state index contributed by atoms with van der Waals surface area (Å²) in [7, 11) is 0. The number of hydrogen-bond acceptors (Lipinski definition) is 3. The molecule has 0 bridgehead atoms. The summed E-state index contributed by atoms with van der Waals surface area (Å²) in [6.07, 6.45) is 0.392. The fourth-order valence-electron chi connectivity index (χ4n) is 3.18. The summed E-state index contributed by atoms with van der Waals surface area (Å²) in [5.41, 5.74) is 0.729. The van der Waals surface area contributed by atoms with Crippen LogP contribution in [0.25, 0.3) is 0 Å². The molecule has 1 aliphatic heterocycles. The average Bonchev–Trinajstić information content (AvgIpc) is 2.62. The van der Waals surface area contributed by atoms with E-state index in [1.165, 1.54) is 31.2 Å². The minimum atomic E-state index is -1.65. The van der Waals surface area contributed by atoms with Gasteiger partial charge < -0.3 is 15.2 Å². The van der Waals surface area contributed by atoms with E-state index < -0.39 is 29.3 Å². The van der Waals surface area contributed by atoms with Crippen LogP contribution >= 0.6 is 0 Å². The van der Waals surface area contributed by atoms with Gasteiger partial charge in [-0.25, -0.2) is 9.18 Å². The van der Waals surface area contributed by atoms with Crippen LogP contribution in [-0.4, -0.2) is 23.6 Å². The Balaban J connectivity index is 1.77. The Morgan fingerprint density at radius 2 is 1.92 bits per heavy atom. The number of carbonyl (C=O) groups is 2. The molecule has 5 nitrogen and oxygen atoms in total. The van der Waals surface area contributed by atoms with E-state index >= 15 is 0 Å². The molecule has 2 unspecified atom stereocenters. The van der Waals surface area contributed by atoms with Crippen molar-refractivity contribution in [2.75, 3.05) is 6.61 Å². The Morgan fingerprint density at radius 3 is 2.62 bits per heavy atom. The maximum atomic E-state index is 13.1. The van der Waals surface area contributed by atoms with Crippen molar-refractivity contribution in [3.8, 4) is 0 Å². The molecule has 0 spiro atoms. The number of carboxylic acid groups (broad SMARTS) is 1. The molecule has 0 aliphatic carbocycles. The molecule has 2 atom stereocenters. The van der Waals surface area contributed by atoms with E-state index in [-0.39, 0.29) is 6.42 Å². The van der Waals surface area contributed by atoms with Crippen molar-refractivity contribution in [1.29, 1.82) is 0 Å². The molecule has 2 N–H and O–H groups in total. The van der Waals surface area contributed by atoms with Crippen molar-refractivity contribution >= 4 is 11.9 Å². The highest BCUT2D eigenvalue weighted by Crippen LogP contribution is 2.30. The second-order valence-electron chi connectivity index (χ2n) is 6.50. The number of aliphatic carboxylic acids is 1. The van der Waals surface area contributed by atoms with Gasteiger partial charge in [0.1, 0.15) is 5.82 Å². The van der Waals surface area contributed by atoms with E-state index in [2.05, 4.69) is 5.32 Å². The first kappa shape index (κ1) is 18.1. The predicted molar refractivity (Wildman–Crippen MR) is 93.0 cm³/mol. The molecular weight excluding hydrogens is 337 g/mol. The van der Waals surface area contributed by atoms with Crippen LogP contribution in [0.4, 0.5) is 4.39 Å². The summed E-state index contributed by atoms with van der Waals surface area (Å²) in [4.78, 5) is 24.3. The van der Waals surface area contributed by atoms with Gasteiger partial charge in [0.2, 0.25) is 5.91 Å². The quantitative estimate of drug-likeness (QED) is 0.863. The minimum Gasteiger partial charge on any atom is -0.479 e. The van der Waals surface area contributed by atoms with Gasteiger partial charge in [0.15, 0.2) is 5.54 Å². The maximum Gasteiger partial charge on any atom is 0.333 e. The number of fused-ring (bicyclic) bond motifs is 1. The van der Waals surface area contributed by atoms with Crippen LogP contribution in [0.5, 0.6) is 0 Å². The van der Waals surface area contributed by atoms with Gasteiger partial charge in [-0.15, -0.1) is 0 Å². The van der Waals surface area contributed by atoms with E-state index in [9.17, 15) is 19.1 Å². The zero-order valence-electron chi connectivity index (χ0n) is 14.4. The highest BCUT2D eigenvalue weighted by atomic mass is 19.1. The lowest BCUT2D eigenvalue weighted by molar-refractivity contribution is -0.148. The number of halogens is 1. The fourth-order valence-corrected chi connectivity index (χ4v) is 3.18. The number of carbonyl (C=O) groups excluding carboxylic acids is 1. The maximum absolute atomic E-state index is 13.1. The molecule has 0 fully saturated rings. The van der Waals surface area contributed by atoms with E-state index in [1.807, 2.05) is 24.3 Å². The largest absolute Gasteiger partial charge is 0.479 e. The van der Waals surface area contributed by atoms with Gasteiger partial charge >= 0.3 is 5.97 Å². The topological polar surface area (TPSA) is 75.6 Å². The lowest BCUT2D eigenvalue weighted by Gasteiger charge is -2.29. The molecule has 1 heterocycles. The number of hydrogen-bond donors (Lipinski definition) is 2. The van der Waals surface area contributed by atoms with E-state index in [0.29, 0.717) is 12.2 Å². The molecule has 0 radical (unpaired) electrons. The first-order valence-corrected chi connectivity index (χ1v) is 8.40. The smallest absolute Gasteiger partial charge is 0.333 e. The standard InChI is InChI=1S/C20H20FNO4/c1-20(19(24)25,14-6-8-15(21)9-7-14)22-18(23)12-17-16-5-3-2-4-13(16)10-11-26-17/h2-9,17H,10-12H2,1H3,(H,22,23)(H,24,25). The third-order valence-corrected chi connectivity index (χ3v) is 4.70. The summed E-state index contributed by atoms with van der Waals surface area (Å²) < 4.78 is 18.9. The van der Waals surface area contributed by atoms with Gasteiger partial charge in [0, 0.05) is 0 Å². The lowest BCUT2D eigenvalue weighted by Crippen LogP contribution is -2.50. The fraction of sp³-hybridized carbons (Fsp3) is 0.300. The average molecular weight is 357 g/mol. The highest BCUT2D eigenvalue weighted by molar-refractivity contribution is 5.88. The molecule has 1 amide bonds. The number of nitrogens with one attached hydrogen (secondary N) is 1. The Hall–Kier alpha value is -2.73. The SMILES string of the molecule is CC(NC(=O)CC1OCCc2ccccc21)(C(=O)O)c1ccc(F)cc1. The second kappa shape index (κ2) is 7.25.